The summed E-state index contributed by atoms with van der Waals surface area (Å²) >= 11 is 0. The Morgan fingerprint density at radius 3 is 2.61 bits per heavy atom. The van der Waals surface area contributed by atoms with Crippen molar-refractivity contribution < 1.29 is 14.8 Å². The van der Waals surface area contributed by atoms with Gasteiger partial charge in [0, 0.05) is 30.7 Å². The number of aryl methyl sites for hydroxylation is 1. The van der Waals surface area contributed by atoms with E-state index in [2.05, 4.69) is 5.32 Å². The minimum Gasteiger partial charge on any atom is -0.391 e. The van der Waals surface area contributed by atoms with Crippen molar-refractivity contribution in [2.24, 2.45) is 0 Å². The summed E-state index contributed by atoms with van der Waals surface area (Å²) in [7, 11) is 0. The van der Waals surface area contributed by atoms with Crippen molar-refractivity contribution in [3.63, 3.8) is 0 Å². The molecule has 0 aromatic heterocycles. The number of carbonyl (C=O) groups excluding carboxylic acids is 1. The standard InChI is InChI=1S/C17H18N2O4/c1-12-7-8-14(19(22)23)10-16(12)17(21)18-11-15(20)9-13-5-3-2-4-6-13/h2-8,10,15,20H,9,11H2,1H3,(H,18,21)/t15-/m1/s1. The summed E-state index contributed by atoms with van der Waals surface area (Å²) in [5.74, 6) is -0.432. The van der Waals surface area contributed by atoms with E-state index in [-0.39, 0.29) is 17.8 Å². The lowest BCUT2D eigenvalue weighted by molar-refractivity contribution is -0.384. The molecule has 1 amide bonds. The second-order valence-corrected chi connectivity index (χ2v) is 5.31. The number of hydrogen-bond acceptors (Lipinski definition) is 4. The van der Waals surface area contributed by atoms with Crippen LogP contribution in [-0.2, 0) is 6.42 Å². The number of amides is 1. The van der Waals surface area contributed by atoms with E-state index in [0.717, 1.165) is 5.56 Å². The second kappa shape index (κ2) is 7.51. The zero-order chi connectivity index (χ0) is 16.8. The lowest BCUT2D eigenvalue weighted by atomic mass is 10.1. The predicted octanol–water partition coefficient (Wildman–Crippen LogP) is 2.24. The van der Waals surface area contributed by atoms with Gasteiger partial charge in [-0.2, -0.15) is 0 Å². The fourth-order valence-electron chi connectivity index (χ4n) is 2.23. The largest absolute Gasteiger partial charge is 0.391 e. The smallest absolute Gasteiger partial charge is 0.270 e. The molecule has 1 atom stereocenters. The number of nitro benzene ring substituents is 1. The zero-order valence-electron chi connectivity index (χ0n) is 12.7. The van der Waals surface area contributed by atoms with Crippen LogP contribution in [0.3, 0.4) is 0 Å². The van der Waals surface area contributed by atoms with Gasteiger partial charge in [0.05, 0.1) is 11.0 Å². The minimum atomic E-state index is -0.722. The highest BCUT2D eigenvalue weighted by Crippen LogP contribution is 2.17. The predicted molar refractivity (Wildman–Crippen MR) is 86.3 cm³/mol. The molecular weight excluding hydrogens is 296 g/mol. The Morgan fingerprint density at radius 1 is 1.26 bits per heavy atom. The van der Waals surface area contributed by atoms with Crippen molar-refractivity contribution in [1.82, 2.24) is 5.32 Å². The molecule has 0 heterocycles. The van der Waals surface area contributed by atoms with E-state index in [1.54, 1.807) is 6.92 Å². The molecule has 6 heteroatoms. The Balaban J connectivity index is 1.97. The number of rotatable bonds is 6. The fraction of sp³-hybridized carbons (Fsp3) is 0.235. The van der Waals surface area contributed by atoms with E-state index in [0.29, 0.717) is 12.0 Å². The number of non-ortho nitro benzene ring substituents is 1. The molecule has 0 unspecified atom stereocenters. The fourth-order valence-corrected chi connectivity index (χ4v) is 2.23. The van der Waals surface area contributed by atoms with Crippen molar-refractivity contribution in [2.45, 2.75) is 19.4 Å². The maximum absolute atomic E-state index is 12.2. The highest BCUT2D eigenvalue weighted by Gasteiger charge is 2.15. The third-order valence-electron chi connectivity index (χ3n) is 3.49. The van der Waals surface area contributed by atoms with Crippen LogP contribution < -0.4 is 5.32 Å². The van der Waals surface area contributed by atoms with Gasteiger partial charge < -0.3 is 10.4 Å². The molecular formula is C17H18N2O4. The Hall–Kier alpha value is -2.73. The van der Waals surface area contributed by atoms with Crippen LogP contribution >= 0.6 is 0 Å². The molecule has 2 rings (SSSR count). The van der Waals surface area contributed by atoms with Crippen molar-refractivity contribution in [1.29, 1.82) is 0 Å². The average molecular weight is 314 g/mol. The number of hydrogen-bond donors (Lipinski definition) is 2. The number of nitrogens with one attached hydrogen (secondary N) is 1. The van der Waals surface area contributed by atoms with E-state index in [1.165, 1.54) is 18.2 Å². The Bertz CT molecular complexity index is 701. The third kappa shape index (κ3) is 4.62. The molecule has 0 spiro atoms. The molecule has 0 fully saturated rings. The second-order valence-electron chi connectivity index (χ2n) is 5.31. The first-order chi connectivity index (χ1) is 11.0. The summed E-state index contributed by atoms with van der Waals surface area (Å²) < 4.78 is 0. The van der Waals surface area contributed by atoms with Gasteiger partial charge in [-0.1, -0.05) is 36.4 Å². The van der Waals surface area contributed by atoms with Gasteiger partial charge in [-0.05, 0) is 18.1 Å². The van der Waals surface area contributed by atoms with Crippen molar-refractivity contribution in [2.75, 3.05) is 6.54 Å². The number of aliphatic hydroxyl groups is 1. The van der Waals surface area contributed by atoms with Crippen LogP contribution in [0.5, 0.6) is 0 Å². The molecule has 120 valence electrons. The minimum absolute atomic E-state index is 0.0792. The maximum Gasteiger partial charge on any atom is 0.270 e. The quantitative estimate of drug-likeness (QED) is 0.631. The van der Waals surface area contributed by atoms with Gasteiger partial charge in [-0.3, -0.25) is 14.9 Å². The number of nitro groups is 1. The third-order valence-corrected chi connectivity index (χ3v) is 3.49. The van der Waals surface area contributed by atoms with Crippen LogP contribution in [0.15, 0.2) is 48.5 Å². The first kappa shape index (κ1) is 16.6. The van der Waals surface area contributed by atoms with Crippen LogP contribution in [0.4, 0.5) is 5.69 Å². The van der Waals surface area contributed by atoms with E-state index in [1.807, 2.05) is 30.3 Å². The van der Waals surface area contributed by atoms with Crippen LogP contribution in [0, 0.1) is 17.0 Å². The Morgan fingerprint density at radius 2 is 1.96 bits per heavy atom. The molecule has 0 aliphatic carbocycles. The first-order valence-corrected chi connectivity index (χ1v) is 7.22. The zero-order valence-corrected chi connectivity index (χ0v) is 12.7. The van der Waals surface area contributed by atoms with Crippen molar-refractivity contribution in [3.8, 4) is 0 Å². The van der Waals surface area contributed by atoms with Gasteiger partial charge in [0.2, 0.25) is 0 Å². The van der Waals surface area contributed by atoms with Gasteiger partial charge in [0.25, 0.3) is 11.6 Å². The lowest BCUT2D eigenvalue weighted by Crippen LogP contribution is -2.33. The summed E-state index contributed by atoms with van der Waals surface area (Å²) in [6.45, 7) is 1.79. The SMILES string of the molecule is Cc1ccc([N+](=O)[O-])cc1C(=O)NC[C@H](O)Cc1ccccc1. The van der Waals surface area contributed by atoms with Crippen LogP contribution in [0.2, 0.25) is 0 Å². The van der Waals surface area contributed by atoms with Gasteiger partial charge in [0.1, 0.15) is 0 Å². The summed E-state index contributed by atoms with van der Waals surface area (Å²) in [5.41, 5.74) is 1.73. The van der Waals surface area contributed by atoms with Gasteiger partial charge in [-0.15, -0.1) is 0 Å². The van der Waals surface area contributed by atoms with Crippen LogP contribution in [0.25, 0.3) is 0 Å². The van der Waals surface area contributed by atoms with E-state index in [4.69, 9.17) is 0 Å². The molecule has 0 saturated carbocycles. The Labute approximate surface area is 133 Å². The van der Waals surface area contributed by atoms with Crippen molar-refractivity contribution in [3.05, 3.63) is 75.3 Å². The molecule has 23 heavy (non-hydrogen) atoms. The summed E-state index contributed by atoms with van der Waals surface area (Å²) in [4.78, 5) is 22.4. The molecule has 2 aromatic carbocycles. The molecule has 6 nitrogen and oxygen atoms in total. The summed E-state index contributed by atoms with van der Waals surface area (Å²) in [5, 5.41) is 23.4. The summed E-state index contributed by atoms with van der Waals surface area (Å²) in [6.07, 6.45) is -0.296. The van der Waals surface area contributed by atoms with E-state index >= 15 is 0 Å². The highest BCUT2D eigenvalue weighted by atomic mass is 16.6. The molecule has 0 saturated heterocycles. The van der Waals surface area contributed by atoms with E-state index in [9.17, 15) is 20.0 Å². The number of carbonyl (C=O) groups is 1. The molecule has 2 N–H and O–H groups in total. The molecule has 0 radical (unpaired) electrons. The van der Waals surface area contributed by atoms with Gasteiger partial charge in [0.15, 0.2) is 0 Å². The van der Waals surface area contributed by atoms with Gasteiger partial charge >= 0.3 is 0 Å². The highest BCUT2D eigenvalue weighted by molar-refractivity contribution is 5.96. The van der Waals surface area contributed by atoms with E-state index < -0.39 is 16.9 Å². The molecule has 2 aromatic rings. The molecule has 0 aliphatic heterocycles. The normalized spacial score (nSPS) is 11.7. The topological polar surface area (TPSA) is 92.5 Å². The van der Waals surface area contributed by atoms with Crippen molar-refractivity contribution >= 4 is 11.6 Å². The molecule has 0 bridgehead atoms. The first-order valence-electron chi connectivity index (χ1n) is 7.22. The molecule has 0 aliphatic rings. The summed E-state index contributed by atoms with van der Waals surface area (Å²) in [6, 6.07) is 13.6. The average Bonchev–Trinajstić information content (AvgIpc) is 2.53. The Kier molecular flexibility index (Phi) is 5.43. The van der Waals surface area contributed by atoms with Crippen LogP contribution in [-0.4, -0.2) is 28.6 Å². The van der Waals surface area contributed by atoms with Gasteiger partial charge in [-0.25, -0.2) is 0 Å². The van der Waals surface area contributed by atoms with Crippen LogP contribution in [0.1, 0.15) is 21.5 Å². The monoisotopic (exact) mass is 314 g/mol. The lowest BCUT2D eigenvalue weighted by Gasteiger charge is -2.13. The maximum atomic E-state index is 12.2. The number of benzene rings is 2. The number of aliphatic hydroxyl groups excluding tert-OH is 1. The number of nitrogens with zero attached hydrogens (tertiary/aromatic N) is 1.